The van der Waals surface area contributed by atoms with Crippen molar-refractivity contribution in [1.82, 2.24) is 0 Å². The number of hydrogen-bond acceptors (Lipinski definition) is 3. The highest BCUT2D eigenvalue weighted by Gasteiger charge is 2.14. The maximum atomic E-state index is 12.0. The lowest BCUT2D eigenvalue weighted by atomic mass is 10.1. The molecule has 0 radical (unpaired) electrons. The third-order valence-electron chi connectivity index (χ3n) is 3.10. The lowest BCUT2D eigenvalue weighted by Gasteiger charge is -2.20. The molecule has 4 nitrogen and oxygen atoms in total. The first-order valence-corrected chi connectivity index (χ1v) is 6.28. The Morgan fingerprint density at radius 2 is 1.68 bits per heavy atom. The van der Waals surface area contributed by atoms with Crippen molar-refractivity contribution in [1.29, 1.82) is 0 Å². The second kappa shape index (κ2) is 6.36. The molecule has 0 bridgehead atoms. The molecule has 0 N–H and O–H groups in total. The predicted octanol–water partition coefficient (Wildman–Crippen LogP) is 2.64. The molecule has 104 valence electrons. The molecule has 4 heteroatoms. The number of benzene rings is 1. The van der Waals surface area contributed by atoms with Gasteiger partial charge in [-0.2, -0.15) is 0 Å². The highest BCUT2D eigenvalue weighted by atomic mass is 16.5. The molecule has 1 rings (SSSR count). The van der Waals surface area contributed by atoms with Crippen LogP contribution < -0.4 is 9.64 Å². The topological polar surface area (TPSA) is 46.6 Å². The van der Waals surface area contributed by atoms with Crippen LogP contribution in [0.2, 0.25) is 0 Å². The molecule has 19 heavy (non-hydrogen) atoms. The largest absolute Gasteiger partial charge is 0.496 e. The summed E-state index contributed by atoms with van der Waals surface area (Å²) in [6.07, 6.45) is 0.535. The molecule has 1 amide bonds. The number of ether oxygens (including phenoxy) is 1. The highest BCUT2D eigenvalue weighted by molar-refractivity contribution is 5.95. The number of Topliss-reactive ketones (excluding diaryl/α,β-unsaturated/α-hetero) is 1. The average molecular weight is 263 g/mol. The van der Waals surface area contributed by atoms with E-state index >= 15 is 0 Å². The van der Waals surface area contributed by atoms with Crippen LogP contribution in [0, 0.1) is 13.8 Å². The van der Waals surface area contributed by atoms with Gasteiger partial charge in [0.2, 0.25) is 5.91 Å². The fraction of sp³-hybridized carbons (Fsp3) is 0.467. The number of hydrogen-bond donors (Lipinski definition) is 0. The minimum Gasteiger partial charge on any atom is -0.496 e. The van der Waals surface area contributed by atoms with E-state index in [4.69, 9.17) is 4.74 Å². The lowest BCUT2D eigenvalue weighted by Crippen LogP contribution is -2.26. The van der Waals surface area contributed by atoms with Crippen molar-refractivity contribution in [3.05, 3.63) is 23.3 Å². The number of carbonyl (C=O) groups excluding carboxylic acids is 2. The molecule has 0 heterocycles. The summed E-state index contributed by atoms with van der Waals surface area (Å²) in [5, 5.41) is 0. The Balaban J connectivity index is 2.91. The number of amides is 1. The van der Waals surface area contributed by atoms with Crippen molar-refractivity contribution in [2.75, 3.05) is 19.1 Å². The third kappa shape index (κ3) is 3.81. The maximum Gasteiger partial charge on any atom is 0.227 e. The molecular weight excluding hydrogens is 242 g/mol. The fourth-order valence-corrected chi connectivity index (χ4v) is 2.04. The summed E-state index contributed by atoms with van der Waals surface area (Å²) in [5.41, 5.74) is 2.80. The number of nitrogens with zero attached hydrogens (tertiary/aromatic N) is 1. The van der Waals surface area contributed by atoms with Gasteiger partial charge in [0.05, 0.1) is 7.11 Å². The van der Waals surface area contributed by atoms with Crippen molar-refractivity contribution < 1.29 is 14.3 Å². The van der Waals surface area contributed by atoms with Gasteiger partial charge < -0.3 is 14.4 Å². The van der Waals surface area contributed by atoms with Crippen LogP contribution in [0.25, 0.3) is 0 Å². The summed E-state index contributed by atoms with van der Waals surface area (Å²) in [7, 11) is 3.36. The summed E-state index contributed by atoms with van der Waals surface area (Å²) in [5.74, 6) is 0.816. The Kier molecular flexibility index (Phi) is 5.10. The van der Waals surface area contributed by atoms with E-state index < -0.39 is 0 Å². The number of rotatable bonds is 5. The van der Waals surface area contributed by atoms with E-state index in [1.165, 1.54) is 6.92 Å². The summed E-state index contributed by atoms with van der Waals surface area (Å²) in [6, 6.07) is 3.83. The summed E-state index contributed by atoms with van der Waals surface area (Å²) < 4.78 is 5.30. The van der Waals surface area contributed by atoms with Crippen molar-refractivity contribution in [3.8, 4) is 5.75 Å². The minimum atomic E-state index is -0.0563. The van der Waals surface area contributed by atoms with E-state index in [0.717, 1.165) is 22.6 Å². The van der Waals surface area contributed by atoms with Gasteiger partial charge in [-0.25, -0.2) is 0 Å². The van der Waals surface area contributed by atoms with Crippen LogP contribution in [-0.4, -0.2) is 25.8 Å². The molecule has 0 spiro atoms. The van der Waals surface area contributed by atoms with Crippen molar-refractivity contribution in [2.45, 2.75) is 33.6 Å². The number of carbonyl (C=O) groups is 2. The molecule has 1 aromatic carbocycles. The van der Waals surface area contributed by atoms with Crippen LogP contribution in [-0.2, 0) is 9.59 Å². The highest BCUT2D eigenvalue weighted by Crippen LogP contribution is 2.28. The van der Waals surface area contributed by atoms with E-state index in [9.17, 15) is 9.59 Å². The van der Waals surface area contributed by atoms with Gasteiger partial charge in [-0.15, -0.1) is 0 Å². The van der Waals surface area contributed by atoms with Gasteiger partial charge in [0.15, 0.2) is 0 Å². The Morgan fingerprint density at radius 3 is 2.11 bits per heavy atom. The summed E-state index contributed by atoms with van der Waals surface area (Å²) >= 11 is 0. The molecule has 0 saturated heterocycles. The third-order valence-corrected chi connectivity index (χ3v) is 3.10. The number of aryl methyl sites for hydroxylation is 2. The number of methoxy groups -OCH3 is 1. The van der Waals surface area contributed by atoms with Crippen molar-refractivity contribution in [2.24, 2.45) is 0 Å². The van der Waals surface area contributed by atoms with Gasteiger partial charge in [-0.1, -0.05) is 0 Å². The van der Waals surface area contributed by atoms with Crippen LogP contribution >= 0.6 is 0 Å². The first-order chi connectivity index (χ1) is 8.86. The molecule has 0 unspecified atom stereocenters. The summed E-state index contributed by atoms with van der Waals surface area (Å²) in [6.45, 7) is 5.39. The van der Waals surface area contributed by atoms with Crippen molar-refractivity contribution >= 4 is 17.4 Å². The van der Waals surface area contributed by atoms with Gasteiger partial charge in [0.1, 0.15) is 11.5 Å². The van der Waals surface area contributed by atoms with Gasteiger partial charge in [0.25, 0.3) is 0 Å². The van der Waals surface area contributed by atoms with E-state index in [0.29, 0.717) is 0 Å². The molecule has 0 saturated carbocycles. The molecule has 0 aliphatic carbocycles. The molecule has 0 aromatic heterocycles. The number of ketones is 1. The van der Waals surface area contributed by atoms with E-state index in [1.807, 2.05) is 26.0 Å². The van der Waals surface area contributed by atoms with Crippen LogP contribution in [0.4, 0.5) is 5.69 Å². The predicted molar refractivity (Wildman–Crippen MR) is 75.8 cm³/mol. The molecule has 1 aromatic rings. The monoisotopic (exact) mass is 263 g/mol. The Morgan fingerprint density at radius 1 is 1.16 bits per heavy atom. The fourth-order valence-electron chi connectivity index (χ4n) is 2.04. The quantitative estimate of drug-likeness (QED) is 0.820. The van der Waals surface area contributed by atoms with E-state index in [1.54, 1.807) is 19.1 Å². The van der Waals surface area contributed by atoms with Gasteiger partial charge in [0, 0.05) is 25.6 Å². The molecule has 0 aliphatic rings. The standard InChI is InChI=1S/C15H21NO3/c1-10-8-13(9-11(2)15(10)19-5)16(4)14(18)7-6-12(3)17/h8-9H,6-7H2,1-5H3. The molecule has 0 aliphatic heterocycles. The Hall–Kier alpha value is -1.84. The van der Waals surface area contributed by atoms with Crippen molar-refractivity contribution in [3.63, 3.8) is 0 Å². The smallest absolute Gasteiger partial charge is 0.227 e. The lowest BCUT2D eigenvalue weighted by molar-refractivity contribution is -0.122. The second-order valence-corrected chi connectivity index (χ2v) is 4.77. The number of anilines is 1. The van der Waals surface area contributed by atoms with Gasteiger partial charge >= 0.3 is 0 Å². The zero-order chi connectivity index (χ0) is 14.6. The normalized spacial score (nSPS) is 10.2. The van der Waals surface area contributed by atoms with Gasteiger partial charge in [-0.3, -0.25) is 4.79 Å². The molecule has 0 fully saturated rings. The minimum absolute atomic E-state index is 0.0313. The Bertz CT molecular complexity index is 471. The van der Waals surface area contributed by atoms with Crippen LogP contribution in [0.15, 0.2) is 12.1 Å². The van der Waals surface area contributed by atoms with Crippen LogP contribution in [0.1, 0.15) is 30.9 Å². The average Bonchev–Trinajstić information content (AvgIpc) is 2.34. The van der Waals surface area contributed by atoms with Crippen LogP contribution in [0.5, 0.6) is 5.75 Å². The SMILES string of the molecule is COc1c(C)cc(N(C)C(=O)CCC(C)=O)cc1C. The van der Waals surface area contributed by atoms with Crippen LogP contribution in [0.3, 0.4) is 0 Å². The first-order valence-electron chi connectivity index (χ1n) is 6.28. The van der Waals surface area contributed by atoms with Gasteiger partial charge in [-0.05, 0) is 44.0 Å². The Labute approximate surface area is 114 Å². The van der Waals surface area contributed by atoms with E-state index in [-0.39, 0.29) is 24.5 Å². The zero-order valence-corrected chi connectivity index (χ0v) is 12.2. The molecular formula is C15H21NO3. The maximum absolute atomic E-state index is 12.0. The summed E-state index contributed by atoms with van der Waals surface area (Å²) in [4.78, 5) is 24.5. The molecule has 0 atom stereocenters. The second-order valence-electron chi connectivity index (χ2n) is 4.77. The first kappa shape index (κ1) is 15.2. The zero-order valence-electron chi connectivity index (χ0n) is 12.2. The van der Waals surface area contributed by atoms with E-state index in [2.05, 4.69) is 0 Å².